The topological polar surface area (TPSA) is 112 Å². The molecule has 0 spiro atoms. The highest BCUT2D eigenvalue weighted by molar-refractivity contribution is 7.93. The highest BCUT2D eigenvalue weighted by Gasteiger charge is 2.25. The third-order valence-corrected chi connectivity index (χ3v) is 6.97. The Balaban J connectivity index is 1.65. The predicted octanol–water partition coefficient (Wildman–Crippen LogP) is 6.31. The van der Waals surface area contributed by atoms with Crippen molar-refractivity contribution in [2.75, 3.05) is 4.72 Å². The van der Waals surface area contributed by atoms with Gasteiger partial charge < -0.3 is 9.47 Å². The van der Waals surface area contributed by atoms with Crippen molar-refractivity contribution < 1.29 is 31.5 Å². The van der Waals surface area contributed by atoms with E-state index in [0.717, 1.165) is 16.0 Å². The summed E-state index contributed by atoms with van der Waals surface area (Å²) >= 11 is 7.10. The summed E-state index contributed by atoms with van der Waals surface area (Å²) < 4.78 is 68.7. The number of ether oxygens (including phenoxy) is 2. The minimum Gasteiger partial charge on any atom is -0.454 e. The Morgan fingerprint density at radius 1 is 1.14 bits per heavy atom. The number of hydrogen-bond acceptors (Lipinski definition) is 8. The Kier molecular flexibility index (Phi) is 7.22. The lowest BCUT2D eigenvalue weighted by atomic mass is 10.1. The number of carbonyl (C=O) groups is 1. The zero-order chi connectivity index (χ0) is 27.0. The summed E-state index contributed by atoms with van der Waals surface area (Å²) in [5.74, 6) is -2.91. The first-order valence-corrected chi connectivity index (χ1v) is 13.2. The van der Waals surface area contributed by atoms with Crippen LogP contribution in [-0.2, 0) is 14.8 Å². The van der Waals surface area contributed by atoms with E-state index in [0.29, 0.717) is 28.3 Å². The van der Waals surface area contributed by atoms with E-state index < -0.39 is 44.0 Å². The largest absolute Gasteiger partial charge is 0.454 e. The second-order valence-electron chi connectivity index (χ2n) is 8.55. The number of anilines is 1. The smallest absolute Gasteiger partial charge is 0.435 e. The Bertz CT molecular complexity index is 1570. The first-order valence-electron chi connectivity index (χ1n) is 10.5. The van der Waals surface area contributed by atoms with Gasteiger partial charge in [0.25, 0.3) is 10.0 Å². The number of halogens is 3. The Labute approximate surface area is 219 Å². The molecule has 0 aliphatic heterocycles. The molecule has 4 aromatic rings. The zero-order valence-electron chi connectivity index (χ0n) is 19.5. The molecular weight excluding hydrogens is 550 g/mol. The lowest BCUT2D eigenvalue weighted by Crippen LogP contribution is -2.27. The molecule has 0 saturated heterocycles. The van der Waals surface area contributed by atoms with Crippen LogP contribution in [0.25, 0.3) is 11.1 Å². The fourth-order valence-corrected chi connectivity index (χ4v) is 5.08. The monoisotopic (exact) mass is 568 g/mol. The van der Waals surface area contributed by atoms with Gasteiger partial charge >= 0.3 is 6.09 Å². The summed E-state index contributed by atoms with van der Waals surface area (Å²) in [5, 5.41) is 5.81. The molecule has 9 nitrogen and oxygen atoms in total. The van der Waals surface area contributed by atoms with Gasteiger partial charge in [-0.3, -0.25) is 4.72 Å². The van der Waals surface area contributed by atoms with Gasteiger partial charge in [-0.1, -0.05) is 11.6 Å². The van der Waals surface area contributed by atoms with E-state index in [-0.39, 0.29) is 10.9 Å². The van der Waals surface area contributed by atoms with Gasteiger partial charge in [0.1, 0.15) is 22.1 Å². The van der Waals surface area contributed by atoms with Crippen LogP contribution < -0.4 is 9.46 Å². The molecule has 2 heterocycles. The average Bonchev–Trinajstić information content (AvgIpc) is 3.48. The molecule has 0 amide bonds. The van der Waals surface area contributed by atoms with Crippen LogP contribution in [0, 0.1) is 11.6 Å². The number of aromatic nitrogens is 3. The van der Waals surface area contributed by atoms with Crippen LogP contribution in [0.1, 0.15) is 20.8 Å². The number of thiazole rings is 1. The van der Waals surface area contributed by atoms with Crippen LogP contribution in [0.4, 0.5) is 18.7 Å². The van der Waals surface area contributed by atoms with E-state index in [9.17, 15) is 22.0 Å². The van der Waals surface area contributed by atoms with Gasteiger partial charge in [-0.25, -0.2) is 27.0 Å². The average molecular weight is 569 g/mol. The number of nitrogens with zero attached hydrogens (tertiary/aromatic N) is 3. The standard InChI is InChI=1S/C23H19ClF2N4O5S2/c1-23(2,3)35-22(31)30-12-13(11-28-30)15-8-14(24)4-5-18(15)34-19-9-17(26)20(10-16(19)25)37(32,33)29-21-27-6-7-36-21/h4-12H,1-3H3,(H,27,29). The number of benzene rings is 2. The maximum atomic E-state index is 14.9. The lowest BCUT2D eigenvalue weighted by molar-refractivity contribution is 0.0514. The van der Waals surface area contributed by atoms with Crippen molar-refractivity contribution in [1.82, 2.24) is 14.8 Å². The number of carbonyl (C=O) groups excluding carboxylic acids is 1. The first kappa shape index (κ1) is 26.5. The van der Waals surface area contributed by atoms with Gasteiger partial charge in [-0.15, -0.1) is 11.3 Å². The van der Waals surface area contributed by atoms with Crippen LogP contribution in [-0.4, -0.2) is 34.9 Å². The van der Waals surface area contributed by atoms with E-state index in [1.165, 1.54) is 42.2 Å². The SMILES string of the molecule is CC(C)(C)OC(=O)n1cc(-c2cc(Cl)ccc2Oc2cc(F)c(S(=O)(=O)Nc3nccs3)cc2F)cn1. The minimum absolute atomic E-state index is 0.00197. The summed E-state index contributed by atoms with van der Waals surface area (Å²) in [7, 11) is -4.45. The molecule has 194 valence electrons. The van der Waals surface area contributed by atoms with Crippen LogP contribution in [0.3, 0.4) is 0 Å². The Hall–Kier alpha value is -3.55. The quantitative estimate of drug-likeness (QED) is 0.290. The molecular formula is C23H19ClF2N4O5S2. The number of rotatable bonds is 6. The number of nitrogens with one attached hydrogen (secondary N) is 1. The lowest BCUT2D eigenvalue weighted by Gasteiger charge is -2.18. The van der Waals surface area contributed by atoms with Crippen LogP contribution in [0.15, 0.2) is 59.2 Å². The highest BCUT2D eigenvalue weighted by Crippen LogP contribution is 2.37. The van der Waals surface area contributed by atoms with Gasteiger partial charge in [0.05, 0.1) is 6.20 Å². The maximum absolute atomic E-state index is 14.9. The molecule has 0 fully saturated rings. The van der Waals surface area contributed by atoms with E-state index in [1.54, 1.807) is 20.8 Å². The summed E-state index contributed by atoms with van der Waals surface area (Å²) in [6.07, 6.45) is 3.35. The first-order chi connectivity index (χ1) is 17.3. The van der Waals surface area contributed by atoms with Crippen molar-refractivity contribution in [1.29, 1.82) is 0 Å². The number of sulfonamides is 1. The van der Waals surface area contributed by atoms with E-state index in [1.807, 2.05) is 0 Å². The van der Waals surface area contributed by atoms with Crippen LogP contribution >= 0.6 is 22.9 Å². The van der Waals surface area contributed by atoms with Gasteiger partial charge in [0.15, 0.2) is 16.7 Å². The molecule has 2 aromatic carbocycles. The predicted molar refractivity (Wildman–Crippen MR) is 134 cm³/mol. The van der Waals surface area contributed by atoms with Crippen LogP contribution in [0.5, 0.6) is 11.5 Å². The molecule has 0 bridgehead atoms. The number of hydrogen-bond donors (Lipinski definition) is 1. The Morgan fingerprint density at radius 2 is 1.89 bits per heavy atom. The van der Waals surface area contributed by atoms with Gasteiger partial charge in [0, 0.05) is 46.1 Å². The normalized spacial score (nSPS) is 11.8. The molecule has 2 aromatic heterocycles. The van der Waals surface area contributed by atoms with Gasteiger partial charge in [0.2, 0.25) is 0 Å². The molecule has 0 unspecified atom stereocenters. The third-order valence-electron chi connectivity index (χ3n) is 4.57. The fourth-order valence-electron chi connectivity index (χ4n) is 3.04. The fraction of sp³-hybridized carbons (Fsp3) is 0.174. The molecule has 0 atom stereocenters. The van der Waals surface area contributed by atoms with Gasteiger partial charge in [-0.2, -0.15) is 9.78 Å². The van der Waals surface area contributed by atoms with Crippen molar-refractivity contribution in [3.8, 4) is 22.6 Å². The van der Waals surface area contributed by atoms with Gasteiger partial charge in [-0.05, 0) is 39.0 Å². The summed E-state index contributed by atoms with van der Waals surface area (Å²) in [4.78, 5) is 15.2. The summed E-state index contributed by atoms with van der Waals surface area (Å²) in [5.41, 5.74) is -0.0646. The van der Waals surface area contributed by atoms with Crippen LogP contribution in [0.2, 0.25) is 5.02 Å². The van der Waals surface area contributed by atoms with Crippen molar-refractivity contribution >= 4 is 44.2 Å². The summed E-state index contributed by atoms with van der Waals surface area (Å²) in [6, 6.07) is 5.49. The second-order valence-corrected chi connectivity index (χ2v) is 11.5. The van der Waals surface area contributed by atoms with Crippen molar-refractivity contribution in [2.24, 2.45) is 0 Å². The molecule has 0 aliphatic carbocycles. The zero-order valence-corrected chi connectivity index (χ0v) is 21.9. The molecule has 14 heteroatoms. The summed E-state index contributed by atoms with van der Waals surface area (Å²) in [6.45, 7) is 5.12. The highest BCUT2D eigenvalue weighted by atomic mass is 35.5. The second kappa shape index (κ2) is 10.1. The Morgan fingerprint density at radius 3 is 2.57 bits per heavy atom. The third kappa shape index (κ3) is 6.24. The van der Waals surface area contributed by atoms with E-state index >= 15 is 0 Å². The maximum Gasteiger partial charge on any atom is 0.435 e. The molecule has 0 aliphatic rings. The van der Waals surface area contributed by atoms with Crippen molar-refractivity contribution in [3.05, 3.63) is 71.0 Å². The molecule has 4 rings (SSSR count). The molecule has 0 radical (unpaired) electrons. The molecule has 0 saturated carbocycles. The minimum atomic E-state index is -4.45. The van der Waals surface area contributed by atoms with Crippen molar-refractivity contribution in [3.63, 3.8) is 0 Å². The van der Waals surface area contributed by atoms with E-state index in [4.69, 9.17) is 21.1 Å². The van der Waals surface area contributed by atoms with E-state index in [2.05, 4.69) is 14.8 Å². The van der Waals surface area contributed by atoms with Crippen molar-refractivity contribution in [2.45, 2.75) is 31.3 Å². The molecule has 1 N–H and O–H groups in total. The molecule has 37 heavy (non-hydrogen) atoms.